The quantitative estimate of drug-likeness (QED) is 0.403. The highest BCUT2D eigenvalue weighted by Crippen LogP contribution is 2.38. The molecule has 3 aliphatic rings. The number of halogens is 2. The van der Waals surface area contributed by atoms with Crippen LogP contribution in [0.5, 0.6) is 0 Å². The Kier molecular flexibility index (Phi) is 6.62. The minimum atomic E-state index is -0.502. The van der Waals surface area contributed by atoms with E-state index in [0.29, 0.717) is 41.2 Å². The lowest BCUT2D eigenvalue weighted by Crippen LogP contribution is -2.46. The average Bonchev–Trinajstić information content (AvgIpc) is 3.71. The Bertz CT molecular complexity index is 1560. The van der Waals surface area contributed by atoms with E-state index in [1.165, 1.54) is 10.9 Å². The number of anilines is 2. The third-order valence-corrected chi connectivity index (χ3v) is 8.91. The summed E-state index contributed by atoms with van der Waals surface area (Å²) in [5, 5.41) is 7.46. The largest absolute Gasteiger partial charge is 0.368 e. The molecule has 39 heavy (non-hydrogen) atoms. The van der Waals surface area contributed by atoms with E-state index in [-0.39, 0.29) is 17.0 Å². The molecule has 10 nitrogen and oxygen atoms in total. The normalized spacial score (nSPS) is 17.8. The van der Waals surface area contributed by atoms with Crippen molar-refractivity contribution in [1.82, 2.24) is 24.8 Å². The lowest BCUT2D eigenvalue weighted by Gasteiger charge is -2.36. The van der Waals surface area contributed by atoms with E-state index >= 15 is 4.39 Å². The van der Waals surface area contributed by atoms with Crippen molar-refractivity contribution in [2.24, 2.45) is 4.99 Å². The van der Waals surface area contributed by atoms with Crippen molar-refractivity contribution in [3.8, 4) is 0 Å². The van der Waals surface area contributed by atoms with E-state index in [9.17, 15) is 9.59 Å². The first kappa shape index (κ1) is 25.9. The Labute approximate surface area is 233 Å². The van der Waals surface area contributed by atoms with Gasteiger partial charge in [-0.15, -0.1) is 0 Å². The van der Waals surface area contributed by atoms with Gasteiger partial charge in [-0.1, -0.05) is 15.9 Å². The molecule has 4 heterocycles. The molecule has 204 valence electrons. The summed E-state index contributed by atoms with van der Waals surface area (Å²) in [5.74, 6) is -0.180. The monoisotopic (exact) mass is 596 g/mol. The first-order valence-electron chi connectivity index (χ1n) is 13.2. The number of amides is 1. The second-order valence-corrected chi connectivity index (χ2v) is 11.0. The van der Waals surface area contributed by atoms with Gasteiger partial charge >= 0.3 is 5.69 Å². The van der Waals surface area contributed by atoms with Crippen LogP contribution < -0.4 is 21.2 Å². The third kappa shape index (κ3) is 4.69. The number of nitrogens with one attached hydrogen (secondary N) is 2. The molecule has 0 unspecified atom stereocenters. The van der Waals surface area contributed by atoms with Crippen LogP contribution in [0.25, 0.3) is 10.9 Å². The van der Waals surface area contributed by atoms with Gasteiger partial charge in [0, 0.05) is 50.2 Å². The van der Waals surface area contributed by atoms with Gasteiger partial charge < -0.3 is 15.5 Å². The predicted molar refractivity (Wildman–Crippen MR) is 153 cm³/mol. The highest BCUT2D eigenvalue weighted by Gasteiger charge is 2.43. The number of rotatable bonds is 7. The lowest BCUT2D eigenvalue weighted by atomic mass is 10.1. The first-order valence-corrected chi connectivity index (χ1v) is 14.3. The van der Waals surface area contributed by atoms with Crippen LogP contribution >= 0.6 is 15.9 Å². The summed E-state index contributed by atoms with van der Waals surface area (Å²) < 4.78 is 17.1. The van der Waals surface area contributed by atoms with E-state index in [4.69, 9.17) is 0 Å². The van der Waals surface area contributed by atoms with Gasteiger partial charge in [0.25, 0.3) is 5.91 Å². The molecule has 0 atom stereocenters. The van der Waals surface area contributed by atoms with Crippen LogP contribution in [0.15, 0.2) is 28.0 Å². The van der Waals surface area contributed by atoms with Crippen LogP contribution in [0.1, 0.15) is 41.5 Å². The van der Waals surface area contributed by atoms with Gasteiger partial charge in [0.05, 0.1) is 34.3 Å². The SMILES string of the molecule is CCn1c2c3c(cc(CN4CCN(c5ccc(C(=O)NC6(CBr)CC6)nc5C)CC4)c(F)c3nc1=O)NC=N2. The van der Waals surface area contributed by atoms with Gasteiger partial charge in [-0.05, 0) is 44.9 Å². The second kappa shape index (κ2) is 9.98. The molecule has 6 rings (SSSR count). The minimum Gasteiger partial charge on any atom is -0.368 e. The molecule has 2 aliphatic heterocycles. The van der Waals surface area contributed by atoms with Crippen LogP contribution in [0.3, 0.4) is 0 Å². The van der Waals surface area contributed by atoms with Gasteiger partial charge in [0.2, 0.25) is 0 Å². The number of hydrogen-bond donors (Lipinski definition) is 2. The van der Waals surface area contributed by atoms with Crippen LogP contribution in [0.2, 0.25) is 0 Å². The van der Waals surface area contributed by atoms with Crippen molar-refractivity contribution >= 4 is 56.3 Å². The van der Waals surface area contributed by atoms with E-state index in [0.717, 1.165) is 55.7 Å². The van der Waals surface area contributed by atoms with Crippen LogP contribution in [-0.2, 0) is 13.1 Å². The highest BCUT2D eigenvalue weighted by molar-refractivity contribution is 9.09. The number of aryl methyl sites for hydroxylation is 1. The summed E-state index contributed by atoms with van der Waals surface area (Å²) in [6.07, 6.45) is 3.49. The van der Waals surface area contributed by atoms with Gasteiger partial charge in [0.15, 0.2) is 5.82 Å². The van der Waals surface area contributed by atoms with Crippen molar-refractivity contribution in [2.45, 2.75) is 45.3 Å². The molecule has 1 saturated heterocycles. The number of aromatic nitrogens is 3. The maximum absolute atomic E-state index is 15.6. The van der Waals surface area contributed by atoms with Crippen LogP contribution in [0.4, 0.5) is 21.6 Å². The smallest absolute Gasteiger partial charge is 0.349 e. The molecular weight excluding hydrogens is 567 g/mol. The zero-order valence-electron chi connectivity index (χ0n) is 21.9. The number of carbonyl (C=O) groups excluding carboxylic acids is 1. The summed E-state index contributed by atoms with van der Waals surface area (Å²) in [6.45, 7) is 7.53. The molecule has 2 aromatic heterocycles. The Morgan fingerprint density at radius 1 is 1.21 bits per heavy atom. The fourth-order valence-electron chi connectivity index (χ4n) is 5.37. The van der Waals surface area contributed by atoms with Gasteiger partial charge in [0.1, 0.15) is 17.0 Å². The number of pyridine rings is 1. The first-order chi connectivity index (χ1) is 18.8. The van der Waals surface area contributed by atoms with E-state index in [2.05, 4.69) is 51.3 Å². The molecule has 0 spiro atoms. The predicted octanol–water partition coefficient (Wildman–Crippen LogP) is 3.32. The zero-order valence-corrected chi connectivity index (χ0v) is 23.5. The molecule has 12 heteroatoms. The maximum Gasteiger partial charge on any atom is 0.349 e. The van der Waals surface area contributed by atoms with Crippen LogP contribution in [0, 0.1) is 12.7 Å². The summed E-state index contributed by atoms with van der Waals surface area (Å²) in [6, 6.07) is 5.55. The number of hydrogen-bond acceptors (Lipinski definition) is 8. The molecule has 2 fully saturated rings. The van der Waals surface area contributed by atoms with E-state index in [1.54, 1.807) is 12.1 Å². The van der Waals surface area contributed by atoms with Gasteiger partial charge in [-0.3, -0.25) is 14.3 Å². The fourth-order valence-corrected chi connectivity index (χ4v) is 6.07. The number of piperazine rings is 1. The molecule has 2 N–H and O–H groups in total. The van der Waals surface area contributed by atoms with Crippen molar-refractivity contribution in [1.29, 1.82) is 0 Å². The topological polar surface area (TPSA) is 108 Å². The minimum absolute atomic E-state index is 0.0600. The number of aliphatic imine (C=N–C) groups is 1. The molecule has 1 saturated carbocycles. The van der Waals surface area contributed by atoms with E-state index < -0.39 is 11.5 Å². The van der Waals surface area contributed by atoms with Gasteiger partial charge in [-0.25, -0.2) is 19.2 Å². The average molecular weight is 597 g/mol. The number of alkyl halides is 1. The highest BCUT2D eigenvalue weighted by atomic mass is 79.9. The van der Waals surface area contributed by atoms with Crippen molar-refractivity contribution < 1.29 is 9.18 Å². The molecule has 0 bridgehead atoms. The number of nitrogens with zero attached hydrogens (tertiary/aromatic N) is 6. The van der Waals surface area contributed by atoms with E-state index in [1.807, 2.05) is 19.9 Å². The van der Waals surface area contributed by atoms with Gasteiger partial charge in [-0.2, -0.15) is 4.98 Å². The maximum atomic E-state index is 15.6. The summed E-state index contributed by atoms with van der Waals surface area (Å²) in [5.41, 5.74) is 2.87. The second-order valence-electron chi connectivity index (χ2n) is 10.4. The molecule has 3 aromatic rings. The third-order valence-electron chi connectivity index (χ3n) is 7.84. The Morgan fingerprint density at radius 2 is 1.97 bits per heavy atom. The summed E-state index contributed by atoms with van der Waals surface area (Å²) >= 11 is 3.48. The number of carbonyl (C=O) groups is 1. The summed E-state index contributed by atoms with van der Waals surface area (Å²) in [4.78, 5) is 42.6. The molecule has 1 aromatic carbocycles. The van der Waals surface area contributed by atoms with Crippen molar-refractivity contribution in [3.63, 3.8) is 0 Å². The Hall–Kier alpha value is -3.38. The Balaban J connectivity index is 1.15. The number of benzene rings is 1. The molecular formula is C27H30BrFN8O2. The lowest BCUT2D eigenvalue weighted by molar-refractivity contribution is 0.0931. The van der Waals surface area contributed by atoms with Crippen molar-refractivity contribution in [3.05, 3.63) is 51.5 Å². The van der Waals surface area contributed by atoms with Crippen molar-refractivity contribution in [2.75, 3.05) is 41.7 Å². The van der Waals surface area contributed by atoms with Crippen LogP contribution in [-0.4, -0.2) is 68.7 Å². The zero-order chi connectivity index (χ0) is 27.3. The standard InChI is InChI=1S/C27H30BrFN8O2/c1-3-37-24-21-19(30-15-31-24)12-17(22(29)23(21)33-26(37)39)13-35-8-10-36(11-9-35)20-5-4-18(32-16(20)2)25(38)34-27(14-28)6-7-27/h4-5,12,15H,3,6-11,13-14H2,1-2H3,(H,30,31)(H,34,38). The fraction of sp³-hybridized carbons (Fsp3) is 0.444. The molecule has 0 radical (unpaired) electrons. The Morgan fingerprint density at radius 3 is 2.64 bits per heavy atom. The summed E-state index contributed by atoms with van der Waals surface area (Å²) in [7, 11) is 0. The molecule has 1 aliphatic carbocycles. The molecule has 1 amide bonds.